The number of pyridine rings is 1. The zero-order valence-corrected chi connectivity index (χ0v) is 11.1. The Morgan fingerprint density at radius 2 is 2.28 bits per heavy atom. The third-order valence-corrected chi connectivity index (χ3v) is 2.90. The van der Waals surface area contributed by atoms with E-state index in [-0.39, 0.29) is 6.04 Å². The second kappa shape index (κ2) is 5.73. The first-order valence-corrected chi connectivity index (χ1v) is 6.24. The third kappa shape index (κ3) is 2.56. The number of hydrogen-bond donors (Lipinski definition) is 1. The molecule has 1 N–H and O–H groups in total. The lowest BCUT2D eigenvalue weighted by Crippen LogP contribution is -2.22. The van der Waals surface area contributed by atoms with Crippen LogP contribution in [-0.2, 0) is 6.54 Å². The molecule has 2 heterocycles. The van der Waals surface area contributed by atoms with Crippen LogP contribution in [0, 0.1) is 6.92 Å². The van der Waals surface area contributed by atoms with E-state index in [2.05, 4.69) is 40.5 Å². The van der Waals surface area contributed by atoms with E-state index in [1.807, 2.05) is 24.0 Å². The van der Waals surface area contributed by atoms with Crippen molar-refractivity contribution in [2.75, 3.05) is 7.05 Å². The lowest BCUT2D eigenvalue weighted by atomic mass is 10.1. The monoisotopic (exact) mass is 245 g/mol. The number of nitrogens with one attached hydrogen (secondary N) is 1. The smallest absolute Gasteiger partial charge is 0.0936 e. The first-order valence-electron chi connectivity index (χ1n) is 6.24. The number of aromatic nitrogens is 4. The summed E-state index contributed by atoms with van der Waals surface area (Å²) in [5.41, 5.74) is 3.25. The second-order valence-corrected chi connectivity index (χ2v) is 4.36. The van der Waals surface area contributed by atoms with Gasteiger partial charge in [-0.05, 0) is 38.1 Å². The van der Waals surface area contributed by atoms with Crippen molar-refractivity contribution in [3.8, 4) is 0 Å². The van der Waals surface area contributed by atoms with Gasteiger partial charge in [0.1, 0.15) is 0 Å². The first kappa shape index (κ1) is 12.7. The summed E-state index contributed by atoms with van der Waals surface area (Å²) >= 11 is 0. The van der Waals surface area contributed by atoms with E-state index in [1.54, 1.807) is 6.20 Å². The van der Waals surface area contributed by atoms with Crippen LogP contribution >= 0.6 is 0 Å². The van der Waals surface area contributed by atoms with Gasteiger partial charge in [0.2, 0.25) is 0 Å². The summed E-state index contributed by atoms with van der Waals surface area (Å²) < 4.78 is 1.94. The standard InChI is InChI=1S/C13H19N5/c1-4-7-18-12(9-16-17-18)13(14-3)11-8-10(2)5-6-15-11/h5-6,8-9,13-14H,4,7H2,1-3H3. The Morgan fingerprint density at radius 3 is 2.94 bits per heavy atom. The maximum absolute atomic E-state index is 4.44. The van der Waals surface area contributed by atoms with Gasteiger partial charge in [-0.25, -0.2) is 4.68 Å². The Bertz CT molecular complexity index is 506. The first-order chi connectivity index (χ1) is 8.76. The van der Waals surface area contributed by atoms with E-state index in [4.69, 9.17) is 0 Å². The van der Waals surface area contributed by atoms with Crippen molar-refractivity contribution < 1.29 is 0 Å². The van der Waals surface area contributed by atoms with Crippen LogP contribution in [0.4, 0.5) is 0 Å². The molecule has 0 aliphatic carbocycles. The van der Waals surface area contributed by atoms with Crippen LogP contribution < -0.4 is 5.32 Å². The van der Waals surface area contributed by atoms with Crippen LogP contribution in [0.5, 0.6) is 0 Å². The summed E-state index contributed by atoms with van der Waals surface area (Å²) in [6.07, 6.45) is 4.68. The number of rotatable bonds is 5. The molecule has 0 saturated heterocycles. The topological polar surface area (TPSA) is 55.6 Å². The highest BCUT2D eigenvalue weighted by molar-refractivity contribution is 5.23. The minimum absolute atomic E-state index is 0.0337. The van der Waals surface area contributed by atoms with Gasteiger partial charge in [0.15, 0.2) is 0 Å². The van der Waals surface area contributed by atoms with E-state index in [1.165, 1.54) is 5.56 Å². The molecule has 2 aromatic rings. The molecule has 18 heavy (non-hydrogen) atoms. The zero-order chi connectivity index (χ0) is 13.0. The normalized spacial score (nSPS) is 12.6. The summed E-state index contributed by atoms with van der Waals surface area (Å²) in [6, 6.07) is 4.12. The fraction of sp³-hybridized carbons (Fsp3) is 0.462. The molecule has 5 heteroatoms. The lowest BCUT2D eigenvalue weighted by Gasteiger charge is -2.16. The number of hydrogen-bond acceptors (Lipinski definition) is 4. The Hall–Kier alpha value is -1.75. The summed E-state index contributed by atoms with van der Waals surface area (Å²) in [5.74, 6) is 0. The summed E-state index contributed by atoms with van der Waals surface area (Å²) in [4.78, 5) is 4.44. The van der Waals surface area contributed by atoms with Gasteiger partial charge in [-0.15, -0.1) is 5.10 Å². The summed E-state index contributed by atoms with van der Waals surface area (Å²) in [6.45, 7) is 5.07. The molecule has 0 spiro atoms. The molecular formula is C13H19N5. The van der Waals surface area contributed by atoms with E-state index >= 15 is 0 Å². The predicted octanol–water partition coefficient (Wildman–Crippen LogP) is 1.70. The molecule has 0 radical (unpaired) electrons. The molecule has 0 saturated carbocycles. The molecule has 0 aromatic carbocycles. The van der Waals surface area contributed by atoms with Gasteiger partial charge in [0.05, 0.1) is 23.6 Å². The highest BCUT2D eigenvalue weighted by atomic mass is 15.4. The molecule has 5 nitrogen and oxygen atoms in total. The summed E-state index contributed by atoms with van der Waals surface area (Å²) in [7, 11) is 1.93. The van der Waals surface area contributed by atoms with E-state index in [0.717, 1.165) is 24.4 Å². The van der Waals surface area contributed by atoms with Crippen molar-refractivity contribution in [3.05, 3.63) is 41.5 Å². The van der Waals surface area contributed by atoms with Gasteiger partial charge < -0.3 is 5.32 Å². The van der Waals surface area contributed by atoms with Gasteiger partial charge >= 0.3 is 0 Å². The Balaban J connectivity index is 2.36. The molecule has 0 amide bonds. The highest BCUT2D eigenvalue weighted by Gasteiger charge is 2.18. The lowest BCUT2D eigenvalue weighted by molar-refractivity contribution is 0.519. The maximum atomic E-state index is 4.44. The zero-order valence-electron chi connectivity index (χ0n) is 11.1. The van der Waals surface area contributed by atoms with Gasteiger partial charge in [0.25, 0.3) is 0 Å². The molecule has 0 aliphatic rings. The molecule has 1 atom stereocenters. The van der Waals surface area contributed by atoms with Crippen molar-refractivity contribution in [3.63, 3.8) is 0 Å². The Labute approximate surface area is 107 Å². The largest absolute Gasteiger partial charge is 0.307 e. The average molecular weight is 245 g/mol. The van der Waals surface area contributed by atoms with E-state index in [0.29, 0.717) is 0 Å². The minimum Gasteiger partial charge on any atom is -0.307 e. The van der Waals surface area contributed by atoms with Crippen molar-refractivity contribution in [1.82, 2.24) is 25.3 Å². The second-order valence-electron chi connectivity index (χ2n) is 4.36. The molecule has 0 aliphatic heterocycles. The molecule has 0 bridgehead atoms. The van der Waals surface area contributed by atoms with Crippen LogP contribution in [0.1, 0.15) is 36.3 Å². The molecular weight excluding hydrogens is 226 g/mol. The van der Waals surface area contributed by atoms with Crippen LogP contribution in [0.25, 0.3) is 0 Å². The molecule has 2 aromatic heterocycles. The van der Waals surface area contributed by atoms with Gasteiger partial charge in [-0.3, -0.25) is 4.98 Å². The predicted molar refractivity (Wildman–Crippen MR) is 70.2 cm³/mol. The number of nitrogens with zero attached hydrogens (tertiary/aromatic N) is 4. The van der Waals surface area contributed by atoms with Crippen LogP contribution in [0.2, 0.25) is 0 Å². The molecule has 96 valence electrons. The van der Waals surface area contributed by atoms with Crippen LogP contribution in [-0.4, -0.2) is 27.0 Å². The fourth-order valence-corrected chi connectivity index (χ4v) is 2.04. The SMILES string of the molecule is CCCn1nncc1C(NC)c1cc(C)ccn1. The van der Waals surface area contributed by atoms with Gasteiger partial charge in [0, 0.05) is 12.7 Å². The third-order valence-electron chi connectivity index (χ3n) is 2.90. The van der Waals surface area contributed by atoms with E-state index < -0.39 is 0 Å². The quantitative estimate of drug-likeness (QED) is 0.871. The van der Waals surface area contributed by atoms with Gasteiger partial charge in [-0.2, -0.15) is 0 Å². The van der Waals surface area contributed by atoms with Crippen molar-refractivity contribution >= 4 is 0 Å². The van der Waals surface area contributed by atoms with Crippen LogP contribution in [0.15, 0.2) is 24.5 Å². The highest BCUT2D eigenvalue weighted by Crippen LogP contribution is 2.19. The maximum Gasteiger partial charge on any atom is 0.0936 e. The van der Waals surface area contributed by atoms with Crippen molar-refractivity contribution in [2.24, 2.45) is 0 Å². The fourth-order valence-electron chi connectivity index (χ4n) is 2.04. The molecule has 2 rings (SSSR count). The van der Waals surface area contributed by atoms with Crippen LogP contribution in [0.3, 0.4) is 0 Å². The number of aryl methyl sites for hydroxylation is 2. The Morgan fingerprint density at radius 1 is 1.44 bits per heavy atom. The van der Waals surface area contributed by atoms with Crippen molar-refractivity contribution in [2.45, 2.75) is 32.9 Å². The van der Waals surface area contributed by atoms with Crippen molar-refractivity contribution in [1.29, 1.82) is 0 Å². The Kier molecular flexibility index (Phi) is 4.04. The van der Waals surface area contributed by atoms with E-state index in [9.17, 15) is 0 Å². The summed E-state index contributed by atoms with van der Waals surface area (Å²) in [5, 5.41) is 11.4. The average Bonchev–Trinajstić information content (AvgIpc) is 2.79. The minimum atomic E-state index is 0.0337. The van der Waals surface area contributed by atoms with Gasteiger partial charge in [-0.1, -0.05) is 12.1 Å². The molecule has 1 unspecified atom stereocenters. The molecule has 0 fully saturated rings.